The second-order valence-electron chi connectivity index (χ2n) is 3.08. The van der Waals surface area contributed by atoms with E-state index in [0.29, 0.717) is 0 Å². The first kappa shape index (κ1) is 13.2. The van der Waals surface area contributed by atoms with Gasteiger partial charge < -0.3 is 15.7 Å². The lowest BCUT2D eigenvalue weighted by Gasteiger charge is -2.09. The highest BCUT2D eigenvalue weighted by Gasteiger charge is 2.21. The molecule has 1 aliphatic heterocycles. The predicted molar refractivity (Wildman–Crippen MR) is 53.5 cm³/mol. The van der Waals surface area contributed by atoms with E-state index in [9.17, 15) is 9.59 Å². The molecular weight excluding hydrogens is 208 g/mol. The largest absolute Gasteiger partial charge is 0.481 e. The monoisotopic (exact) mass is 222 g/mol. The molecule has 1 heterocycles. The molecule has 14 heavy (non-hydrogen) atoms. The van der Waals surface area contributed by atoms with Crippen LogP contribution in [-0.4, -0.2) is 36.1 Å². The summed E-state index contributed by atoms with van der Waals surface area (Å²) in [6.07, 6.45) is 1.84. The number of carbonyl (C=O) groups excluding carboxylic acids is 1. The lowest BCUT2D eigenvalue weighted by atomic mass is 10.2. The molecule has 1 fully saturated rings. The van der Waals surface area contributed by atoms with E-state index in [1.165, 1.54) is 0 Å². The van der Waals surface area contributed by atoms with Crippen LogP contribution in [0.2, 0.25) is 0 Å². The number of nitrogens with one attached hydrogen (secondary N) is 2. The summed E-state index contributed by atoms with van der Waals surface area (Å²) >= 11 is 0. The van der Waals surface area contributed by atoms with Gasteiger partial charge in [-0.2, -0.15) is 0 Å². The molecule has 0 aromatic carbocycles. The van der Waals surface area contributed by atoms with Crippen molar-refractivity contribution in [3.05, 3.63) is 0 Å². The Morgan fingerprint density at radius 3 is 2.71 bits per heavy atom. The molecule has 0 spiro atoms. The van der Waals surface area contributed by atoms with Gasteiger partial charge in [-0.05, 0) is 19.4 Å². The summed E-state index contributed by atoms with van der Waals surface area (Å²) in [7, 11) is 0. The number of carboxylic acid groups (broad SMARTS) is 1. The van der Waals surface area contributed by atoms with Crippen LogP contribution in [0.3, 0.4) is 0 Å². The highest BCUT2D eigenvalue weighted by molar-refractivity contribution is 5.85. The smallest absolute Gasteiger partial charge is 0.305 e. The third kappa shape index (κ3) is 4.43. The summed E-state index contributed by atoms with van der Waals surface area (Å²) in [4.78, 5) is 21.4. The van der Waals surface area contributed by atoms with E-state index in [2.05, 4.69) is 10.6 Å². The molecule has 1 rings (SSSR count). The maximum atomic E-state index is 11.3. The van der Waals surface area contributed by atoms with Crippen molar-refractivity contribution in [3.63, 3.8) is 0 Å². The summed E-state index contributed by atoms with van der Waals surface area (Å²) in [5, 5.41) is 13.9. The lowest BCUT2D eigenvalue weighted by molar-refractivity contribution is -0.136. The fourth-order valence-electron chi connectivity index (χ4n) is 1.32. The number of amides is 1. The van der Waals surface area contributed by atoms with Gasteiger partial charge in [-0.25, -0.2) is 0 Å². The molecule has 6 heteroatoms. The highest BCUT2D eigenvalue weighted by atomic mass is 35.5. The van der Waals surface area contributed by atoms with E-state index >= 15 is 0 Å². The van der Waals surface area contributed by atoms with Crippen LogP contribution in [0, 0.1) is 0 Å². The first-order valence-corrected chi connectivity index (χ1v) is 4.43. The average molecular weight is 223 g/mol. The molecule has 0 aromatic rings. The van der Waals surface area contributed by atoms with E-state index in [1.54, 1.807) is 0 Å². The number of hydrogen-bond donors (Lipinski definition) is 3. The van der Waals surface area contributed by atoms with Gasteiger partial charge in [-0.15, -0.1) is 12.4 Å². The predicted octanol–water partition coefficient (Wildman–Crippen LogP) is -0.249. The van der Waals surface area contributed by atoms with Crippen molar-refractivity contribution in [1.29, 1.82) is 0 Å². The number of carboxylic acids is 1. The maximum Gasteiger partial charge on any atom is 0.305 e. The quantitative estimate of drug-likeness (QED) is 0.613. The van der Waals surface area contributed by atoms with Crippen LogP contribution >= 0.6 is 12.4 Å². The molecule has 1 aliphatic rings. The first-order valence-electron chi connectivity index (χ1n) is 4.43. The Labute approximate surface area is 88.7 Å². The van der Waals surface area contributed by atoms with Gasteiger partial charge in [-0.1, -0.05) is 0 Å². The van der Waals surface area contributed by atoms with Crippen LogP contribution in [-0.2, 0) is 9.59 Å². The first-order chi connectivity index (χ1) is 6.20. The number of halogens is 1. The lowest BCUT2D eigenvalue weighted by Crippen LogP contribution is -2.41. The number of carbonyl (C=O) groups is 2. The second kappa shape index (κ2) is 6.62. The molecular formula is C8H15ClN2O3. The SMILES string of the molecule is Cl.O=C(O)CCNC(=O)C1CCCN1. The molecule has 1 atom stereocenters. The van der Waals surface area contributed by atoms with Crippen molar-refractivity contribution in [1.82, 2.24) is 10.6 Å². The normalized spacial score (nSPS) is 19.9. The number of aliphatic carboxylic acids is 1. The molecule has 5 nitrogen and oxygen atoms in total. The van der Waals surface area contributed by atoms with Crippen LogP contribution in [0.25, 0.3) is 0 Å². The van der Waals surface area contributed by atoms with Gasteiger partial charge in [-0.3, -0.25) is 9.59 Å². The summed E-state index contributed by atoms with van der Waals surface area (Å²) in [5.74, 6) is -0.974. The van der Waals surface area contributed by atoms with Crippen molar-refractivity contribution >= 4 is 24.3 Å². The van der Waals surface area contributed by atoms with E-state index < -0.39 is 5.97 Å². The summed E-state index contributed by atoms with van der Waals surface area (Å²) in [6.45, 7) is 1.09. The fourth-order valence-corrected chi connectivity index (χ4v) is 1.32. The van der Waals surface area contributed by atoms with Crippen molar-refractivity contribution < 1.29 is 14.7 Å². The molecule has 82 valence electrons. The van der Waals surface area contributed by atoms with E-state index in [1.807, 2.05) is 0 Å². The van der Waals surface area contributed by atoms with Gasteiger partial charge in [0.25, 0.3) is 0 Å². The van der Waals surface area contributed by atoms with Gasteiger partial charge in [0.05, 0.1) is 12.5 Å². The van der Waals surface area contributed by atoms with Crippen molar-refractivity contribution in [2.45, 2.75) is 25.3 Å². The van der Waals surface area contributed by atoms with Gasteiger partial charge in [0, 0.05) is 6.54 Å². The molecule has 0 aliphatic carbocycles. The zero-order valence-corrected chi connectivity index (χ0v) is 8.60. The van der Waals surface area contributed by atoms with Gasteiger partial charge in [0.15, 0.2) is 0 Å². The minimum Gasteiger partial charge on any atom is -0.481 e. The topological polar surface area (TPSA) is 78.4 Å². The van der Waals surface area contributed by atoms with Crippen LogP contribution in [0.15, 0.2) is 0 Å². The molecule has 0 bridgehead atoms. The van der Waals surface area contributed by atoms with Crippen molar-refractivity contribution in [2.24, 2.45) is 0 Å². The second-order valence-corrected chi connectivity index (χ2v) is 3.08. The summed E-state index contributed by atoms with van der Waals surface area (Å²) in [5.41, 5.74) is 0. The van der Waals surface area contributed by atoms with Gasteiger partial charge in [0.1, 0.15) is 0 Å². The van der Waals surface area contributed by atoms with Gasteiger partial charge in [0.2, 0.25) is 5.91 Å². The number of hydrogen-bond acceptors (Lipinski definition) is 3. The highest BCUT2D eigenvalue weighted by Crippen LogP contribution is 2.04. The molecule has 1 amide bonds. The van der Waals surface area contributed by atoms with Gasteiger partial charge >= 0.3 is 5.97 Å². The van der Waals surface area contributed by atoms with E-state index in [0.717, 1.165) is 19.4 Å². The van der Waals surface area contributed by atoms with E-state index in [4.69, 9.17) is 5.11 Å². The standard InChI is InChI=1S/C8H14N2O3.ClH/c11-7(12)3-5-10-8(13)6-2-1-4-9-6;/h6,9H,1-5H2,(H,10,13)(H,11,12);1H. The average Bonchev–Trinajstić information content (AvgIpc) is 2.55. The Balaban J connectivity index is 0.00000169. The van der Waals surface area contributed by atoms with Crippen molar-refractivity contribution in [3.8, 4) is 0 Å². The number of rotatable bonds is 4. The minimum atomic E-state index is -0.889. The zero-order valence-electron chi connectivity index (χ0n) is 7.78. The molecule has 0 radical (unpaired) electrons. The Morgan fingerprint density at radius 2 is 2.21 bits per heavy atom. The van der Waals surface area contributed by atoms with Crippen LogP contribution in [0.5, 0.6) is 0 Å². The summed E-state index contributed by atoms with van der Waals surface area (Å²) < 4.78 is 0. The summed E-state index contributed by atoms with van der Waals surface area (Å²) in [6, 6.07) is -0.117. The Kier molecular flexibility index (Phi) is 6.23. The Bertz CT molecular complexity index is 205. The third-order valence-corrected chi connectivity index (χ3v) is 2.01. The minimum absolute atomic E-state index is 0. The van der Waals surface area contributed by atoms with Crippen LogP contribution in [0.1, 0.15) is 19.3 Å². The Hall–Kier alpha value is -0.810. The molecule has 3 N–H and O–H groups in total. The third-order valence-electron chi connectivity index (χ3n) is 2.01. The fraction of sp³-hybridized carbons (Fsp3) is 0.750. The molecule has 0 aromatic heterocycles. The van der Waals surface area contributed by atoms with Crippen LogP contribution in [0.4, 0.5) is 0 Å². The van der Waals surface area contributed by atoms with Crippen LogP contribution < -0.4 is 10.6 Å². The molecule has 1 unspecified atom stereocenters. The zero-order chi connectivity index (χ0) is 9.68. The maximum absolute atomic E-state index is 11.3. The molecule has 0 saturated carbocycles. The van der Waals surface area contributed by atoms with Crippen molar-refractivity contribution in [2.75, 3.05) is 13.1 Å². The molecule has 1 saturated heterocycles. The van der Waals surface area contributed by atoms with E-state index in [-0.39, 0.29) is 37.3 Å². The Morgan fingerprint density at radius 1 is 1.50 bits per heavy atom.